The van der Waals surface area contributed by atoms with Crippen LogP contribution in [0.2, 0.25) is 0 Å². The van der Waals surface area contributed by atoms with Gasteiger partial charge in [-0.05, 0) is 12.8 Å². The Morgan fingerprint density at radius 3 is 2.71 bits per heavy atom. The Morgan fingerprint density at radius 2 is 2.14 bits per heavy atom. The first-order chi connectivity index (χ1) is 6.68. The number of carboxylic acids is 1. The highest BCUT2D eigenvalue weighted by molar-refractivity contribution is 5.90. The van der Waals surface area contributed by atoms with Gasteiger partial charge in [0.1, 0.15) is 6.10 Å². The Bertz CT molecular complexity index is 278. The number of rotatable bonds is 3. The number of aliphatic carboxylic acids is 1. The molecule has 0 saturated carbocycles. The molecule has 0 aromatic carbocycles. The average molecular weight is 196 g/mol. The standard InChI is InChI=1S/C10H12O4/c11-9(12)6-7-10(13)14-8-4-2-1-3-5-8/h1-2,6-8H,3-5H2,(H,11,12)/b7-6-. The molecule has 1 aliphatic carbocycles. The van der Waals surface area contributed by atoms with E-state index in [2.05, 4.69) is 0 Å². The molecule has 4 heteroatoms. The third kappa shape index (κ3) is 3.89. The number of carbonyl (C=O) groups excluding carboxylic acids is 1. The third-order valence-corrected chi connectivity index (χ3v) is 1.87. The maximum atomic E-state index is 11.0. The highest BCUT2D eigenvalue weighted by Crippen LogP contribution is 2.14. The Balaban J connectivity index is 2.33. The van der Waals surface area contributed by atoms with E-state index in [0.717, 1.165) is 25.0 Å². The molecule has 0 spiro atoms. The molecule has 0 saturated heterocycles. The van der Waals surface area contributed by atoms with E-state index in [9.17, 15) is 9.59 Å². The second-order valence-electron chi connectivity index (χ2n) is 3.01. The predicted octanol–water partition coefficient (Wildman–Crippen LogP) is 1.28. The lowest BCUT2D eigenvalue weighted by atomic mass is 10.1. The Kier molecular flexibility index (Phi) is 3.91. The van der Waals surface area contributed by atoms with E-state index in [-0.39, 0.29) is 6.10 Å². The zero-order chi connectivity index (χ0) is 10.4. The van der Waals surface area contributed by atoms with Crippen LogP contribution < -0.4 is 0 Å². The van der Waals surface area contributed by atoms with Crippen LogP contribution in [0.1, 0.15) is 19.3 Å². The van der Waals surface area contributed by atoms with Crippen LogP contribution >= 0.6 is 0 Å². The van der Waals surface area contributed by atoms with Crippen LogP contribution in [0.15, 0.2) is 24.3 Å². The summed E-state index contributed by atoms with van der Waals surface area (Å²) in [5.74, 6) is -1.74. The van der Waals surface area contributed by atoms with Crippen molar-refractivity contribution in [3.05, 3.63) is 24.3 Å². The van der Waals surface area contributed by atoms with Crippen LogP contribution in [-0.4, -0.2) is 23.1 Å². The van der Waals surface area contributed by atoms with E-state index in [1.54, 1.807) is 0 Å². The first-order valence-electron chi connectivity index (χ1n) is 4.45. The van der Waals surface area contributed by atoms with Gasteiger partial charge >= 0.3 is 11.9 Å². The average Bonchev–Trinajstić information content (AvgIpc) is 2.16. The van der Waals surface area contributed by atoms with Crippen molar-refractivity contribution >= 4 is 11.9 Å². The summed E-state index contributed by atoms with van der Waals surface area (Å²) >= 11 is 0. The summed E-state index contributed by atoms with van der Waals surface area (Å²) < 4.78 is 5.00. The normalized spacial score (nSPS) is 21.0. The highest BCUT2D eigenvalue weighted by Gasteiger charge is 2.13. The van der Waals surface area contributed by atoms with Gasteiger partial charge in [0.05, 0.1) is 0 Å². The maximum Gasteiger partial charge on any atom is 0.331 e. The van der Waals surface area contributed by atoms with E-state index in [4.69, 9.17) is 9.84 Å². The fourth-order valence-corrected chi connectivity index (χ4v) is 1.22. The second kappa shape index (κ2) is 5.21. The van der Waals surface area contributed by atoms with Gasteiger partial charge in [0.15, 0.2) is 0 Å². The summed E-state index contributed by atoms with van der Waals surface area (Å²) in [6.45, 7) is 0. The molecule has 1 aliphatic rings. The molecule has 0 amide bonds. The van der Waals surface area contributed by atoms with E-state index < -0.39 is 11.9 Å². The zero-order valence-electron chi connectivity index (χ0n) is 7.68. The molecule has 1 N–H and O–H groups in total. The number of hydrogen-bond acceptors (Lipinski definition) is 3. The number of allylic oxidation sites excluding steroid dienone is 1. The zero-order valence-corrected chi connectivity index (χ0v) is 7.68. The summed E-state index contributed by atoms with van der Waals surface area (Å²) in [6, 6.07) is 0. The van der Waals surface area contributed by atoms with Crippen LogP contribution in [-0.2, 0) is 14.3 Å². The minimum absolute atomic E-state index is 0.106. The first-order valence-corrected chi connectivity index (χ1v) is 4.45. The molecular weight excluding hydrogens is 184 g/mol. The molecule has 1 atom stereocenters. The van der Waals surface area contributed by atoms with Crippen molar-refractivity contribution in [1.82, 2.24) is 0 Å². The fraction of sp³-hybridized carbons (Fsp3) is 0.400. The molecule has 4 nitrogen and oxygen atoms in total. The highest BCUT2D eigenvalue weighted by atomic mass is 16.5. The van der Waals surface area contributed by atoms with Crippen molar-refractivity contribution in [2.75, 3.05) is 0 Å². The smallest absolute Gasteiger partial charge is 0.331 e. The summed E-state index contributed by atoms with van der Waals surface area (Å²) in [6.07, 6.45) is 8.03. The molecule has 0 fully saturated rings. The first kappa shape index (κ1) is 10.5. The topological polar surface area (TPSA) is 63.6 Å². The molecule has 0 aromatic rings. The van der Waals surface area contributed by atoms with Crippen molar-refractivity contribution in [2.24, 2.45) is 0 Å². The largest absolute Gasteiger partial charge is 0.478 e. The molecule has 76 valence electrons. The lowest BCUT2D eigenvalue weighted by molar-refractivity contribution is -0.143. The van der Waals surface area contributed by atoms with Crippen LogP contribution in [0.4, 0.5) is 0 Å². The van der Waals surface area contributed by atoms with Gasteiger partial charge in [-0.25, -0.2) is 9.59 Å². The minimum Gasteiger partial charge on any atom is -0.478 e. The van der Waals surface area contributed by atoms with Gasteiger partial charge in [-0.1, -0.05) is 12.2 Å². The van der Waals surface area contributed by atoms with Gasteiger partial charge in [0.2, 0.25) is 0 Å². The van der Waals surface area contributed by atoms with E-state index in [1.807, 2.05) is 12.2 Å². The minimum atomic E-state index is -1.15. The fourth-order valence-electron chi connectivity index (χ4n) is 1.22. The number of ether oxygens (including phenoxy) is 1. The lowest BCUT2D eigenvalue weighted by Gasteiger charge is -2.17. The van der Waals surface area contributed by atoms with Crippen molar-refractivity contribution < 1.29 is 19.4 Å². The van der Waals surface area contributed by atoms with Gasteiger partial charge in [-0.2, -0.15) is 0 Å². The molecular formula is C10H12O4. The van der Waals surface area contributed by atoms with Crippen molar-refractivity contribution in [3.63, 3.8) is 0 Å². The van der Waals surface area contributed by atoms with Crippen molar-refractivity contribution in [2.45, 2.75) is 25.4 Å². The SMILES string of the molecule is O=C(O)/C=C\C(=O)OC1CC=CCC1. The number of hydrogen-bond donors (Lipinski definition) is 1. The van der Waals surface area contributed by atoms with E-state index in [0.29, 0.717) is 6.42 Å². The van der Waals surface area contributed by atoms with Gasteiger partial charge in [-0.3, -0.25) is 0 Å². The Morgan fingerprint density at radius 1 is 1.36 bits per heavy atom. The Hall–Kier alpha value is -1.58. The molecule has 14 heavy (non-hydrogen) atoms. The number of carbonyl (C=O) groups is 2. The number of carboxylic acid groups (broad SMARTS) is 1. The molecule has 1 unspecified atom stereocenters. The second-order valence-corrected chi connectivity index (χ2v) is 3.01. The molecule has 0 bridgehead atoms. The van der Waals surface area contributed by atoms with Crippen LogP contribution in [0.25, 0.3) is 0 Å². The quantitative estimate of drug-likeness (QED) is 0.419. The van der Waals surface area contributed by atoms with Crippen LogP contribution in [0.3, 0.4) is 0 Å². The summed E-state index contributed by atoms with van der Waals surface area (Å²) in [4.78, 5) is 21.1. The van der Waals surface area contributed by atoms with Gasteiger partial charge < -0.3 is 9.84 Å². The molecule has 0 radical (unpaired) electrons. The molecule has 1 rings (SSSR count). The van der Waals surface area contributed by atoms with Crippen LogP contribution in [0, 0.1) is 0 Å². The molecule has 0 aliphatic heterocycles. The third-order valence-electron chi connectivity index (χ3n) is 1.87. The lowest BCUT2D eigenvalue weighted by Crippen LogP contribution is -2.17. The summed E-state index contributed by atoms with van der Waals surface area (Å²) in [5, 5.41) is 8.26. The van der Waals surface area contributed by atoms with Gasteiger partial charge in [0.25, 0.3) is 0 Å². The van der Waals surface area contributed by atoms with E-state index in [1.165, 1.54) is 0 Å². The van der Waals surface area contributed by atoms with Gasteiger partial charge in [0, 0.05) is 18.6 Å². The monoisotopic (exact) mass is 196 g/mol. The Labute approximate surface area is 81.9 Å². The van der Waals surface area contributed by atoms with Crippen molar-refractivity contribution in [3.8, 4) is 0 Å². The van der Waals surface area contributed by atoms with Gasteiger partial charge in [-0.15, -0.1) is 0 Å². The van der Waals surface area contributed by atoms with Crippen molar-refractivity contribution in [1.29, 1.82) is 0 Å². The number of esters is 1. The predicted molar refractivity (Wildman–Crippen MR) is 49.6 cm³/mol. The molecule has 0 aromatic heterocycles. The molecule has 0 heterocycles. The van der Waals surface area contributed by atoms with Crippen LogP contribution in [0.5, 0.6) is 0 Å². The van der Waals surface area contributed by atoms with E-state index >= 15 is 0 Å². The maximum absolute atomic E-state index is 11.0. The summed E-state index contributed by atoms with van der Waals surface area (Å²) in [5.41, 5.74) is 0. The summed E-state index contributed by atoms with van der Waals surface area (Å²) in [7, 11) is 0.